The summed E-state index contributed by atoms with van der Waals surface area (Å²) in [6, 6.07) is 13.0. The zero-order valence-corrected chi connectivity index (χ0v) is 23.6. The standard InChI is InChI=1S/C31H36N2O8/c1-36-25-16-20(17-26(37-2)29(25)38-3)28(30(34)32-21-10-5-4-6-11-21)33(18-22-12-9-15-39-22)31(35)27-19-40-23-13-7-8-14-24(23)41-27/h7-9,12-17,21,27-28H,4-6,10-11,18-19H2,1-3H3,(H,32,34)/t27-,28+/m1/s1. The third-order valence-electron chi connectivity index (χ3n) is 7.49. The van der Waals surface area contributed by atoms with Crippen LogP contribution in [0.5, 0.6) is 28.7 Å². The van der Waals surface area contributed by atoms with E-state index in [1.165, 1.54) is 32.5 Å². The number of fused-ring (bicyclic) bond motifs is 1. The van der Waals surface area contributed by atoms with E-state index in [0.29, 0.717) is 40.1 Å². The molecule has 1 aliphatic heterocycles. The van der Waals surface area contributed by atoms with E-state index in [9.17, 15) is 9.59 Å². The van der Waals surface area contributed by atoms with Crippen LogP contribution in [0.3, 0.4) is 0 Å². The third kappa shape index (κ3) is 6.21. The number of rotatable bonds is 10. The molecule has 10 nitrogen and oxygen atoms in total. The van der Waals surface area contributed by atoms with E-state index in [1.54, 1.807) is 36.4 Å². The van der Waals surface area contributed by atoms with Gasteiger partial charge in [-0.25, -0.2) is 0 Å². The first-order valence-corrected chi connectivity index (χ1v) is 13.8. The molecule has 0 unspecified atom stereocenters. The van der Waals surface area contributed by atoms with E-state index in [4.69, 9.17) is 28.1 Å². The van der Waals surface area contributed by atoms with Crippen LogP contribution in [0.2, 0.25) is 0 Å². The summed E-state index contributed by atoms with van der Waals surface area (Å²) in [5, 5.41) is 3.21. The number of nitrogens with one attached hydrogen (secondary N) is 1. The highest BCUT2D eigenvalue weighted by Crippen LogP contribution is 2.42. The second-order valence-corrected chi connectivity index (χ2v) is 10.1. The lowest BCUT2D eigenvalue weighted by atomic mass is 9.94. The first-order chi connectivity index (χ1) is 20.0. The summed E-state index contributed by atoms with van der Waals surface area (Å²) >= 11 is 0. The van der Waals surface area contributed by atoms with Crippen molar-refractivity contribution in [1.29, 1.82) is 0 Å². The lowest BCUT2D eigenvalue weighted by molar-refractivity contribution is -0.149. The van der Waals surface area contributed by atoms with Crippen LogP contribution in [0.25, 0.3) is 0 Å². The highest BCUT2D eigenvalue weighted by atomic mass is 16.6. The van der Waals surface area contributed by atoms with Crippen molar-refractivity contribution >= 4 is 11.8 Å². The Bertz CT molecular complexity index is 1310. The van der Waals surface area contributed by atoms with Crippen molar-refractivity contribution in [3.63, 3.8) is 0 Å². The van der Waals surface area contributed by atoms with Crippen LogP contribution in [0, 0.1) is 0 Å². The van der Waals surface area contributed by atoms with Gasteiger partial charge in [-0.15, -0.1) is 0 Å². The fourth-order valence-electron chi connectivity index (χ4n) is 5.45. The predicted molar refractivity (Wildman–Crippen MR) is 149 cm³/mol. The first-order valence-electron chi connectivity index (χ1n) is 13.8. The van der Waals surface area contributed by atoms with Crippen molar-refractivity contribution in [2.45, 2.75) is 56.8 Å². The molecule has 41 heavy (non-hydrogen) atoms. The summed E-state index contributed by atoms with van der Waals surface area (Å²) < 4.78 is 34.3. The topological polar surface area (TPSA) is 109 Å². The Balaban J connectivity index is 1.57. The number of hydrogen-bond donors (Lipinski definition) is 1. The molecule has 1 saturated carbocycles. The zero-order chi connectivity index (χ0) is 28.8. The number of benzene rings is 2. The molecule has 0 radical (unpaired) electrons. The molecule has 2 aromatic carbocycles. The molecule has 2 amide bonds. The summed E-state index contributed by atoms with van der Waals surface area (Å²) in [5.74, 6) is 1.92. The van der Waals surface area contributed by atoms with Crippen molar-refractivity contribution in [2.24, 2.45) is 0 Å². The summed E-state index contributed by atoms with van der Waals surface area (Å²) in [6.45, 7) is 0.0173. The fourth-order valence-corrected chi connectivity index (χ4v) is 5.45. The summed E-state index contributed by atoms with van der Waals surface area (Å²) in [4.78, 5) is 30.0. The van der Waals surface area contributed by atoms with E-state index >= 15 is 0 Å². The van der Waals surface area contributed by atoms with Gasteiger partial charge in [-0.1, -0.05) is 31.4 Å². The molecule has 2 atom stereocenters. The van der Waals surface area contributed by atoms with Crippen molar-refractivity contribution < 1.29 is 37.7 Å². The molecular formula is C31H36N2O8. The Morgan fingerprint density at radius 2 is 1.66 bits per heavy atom. The fraction of sp³-hybridized carbons (Fsp3) is 0.419. The molecule has 5 rings (SSSR count). The van der Waals surface area contributed by atoms with Gasteiger partial charge < -0.3 is 38.3 Å². The molecular weight excluding hydrogens is 528 g/mol. The van der Waals surface area contributed by atoms with Crippen LogP contribution in [0.15, 0.2) is 59.2 Å². The maximum Gasteiger partial charge on any atom is 0.268 e. The summed E-state index contributed by atoms with van der Waals surface area (Å²) in [6.07, 6.45) is 5.55. The normalized spacial score (nSPS) is 17.3. The van der Waals surface area contributed by atoms with Crippen LogP contribution >= 0.6 is 0 Å². The quantitative estimate of drug-likeness (QED) is 0.379. The monoisotopic (exact) mass is 564 g/mol. The van der Waals surface area contributed by atoms with Gasteiger partial charge in [-0.05, 0) is 54.8 Å². The second kappa shape index (κ2) is 12.9. The van der Waals surface area contributed by atoms with E-state index in [0.717, 1.165) is 32.1 Å². The van der Waals surface area contributed by atoms with Crippen molar-refractivity contribution in [3.05, 3.63) is 66.1 Å². The van der Waals surface area contributed by atoms with Crippen LogP contribution in [0.4, 0.5) is 0 Å². The first kappa shape index (κ1) is 28.2. The highest BCUT2D eigenvalue weighted by molar-refractivity contribution is 5.91. The number of ether oxygens (including phenoxy) is 5. The van der Waals surface area contributed by atoms with Crippen molar-refractivity contribution in [2.75, 3.05) is 27.9 Å². The SMILES string of the molecule is COc1cc([C@@H](C(=O)NC2CCCCC2)N(Cc2ccco2)C(=O)[C@H]2COc3ccccc3O2)cc(OC)c1OC. The molecule has 0 saturated heterocycles. The number of methoxy groups -OCH3 is 3. The van der Waals surface area contributed by atoms with Gasteiger partial charge in [0.05, 0.1) is 34.1 Å². The van der Waals surface area contributed by atoms with Gasteiger partial charge in [0.15, 0.2) is 23.0 Å². The van der Waals surface area contributed by atoms with Gasteiger partial charge in [-0.2, -0.15) is 0 Å². The third-order valence-corrected chi connectivity index (χ3v) is 7.49. The molecule has 1 aliphatic carbocycles. The number of hydrogen-bond acceptors (Lipinski definition) is 8. The second-order valence-electron chi connectivity index (χ2n) is 10.1. The number of carbonyl (C=O) groups is 2. The summed E-state index contributed by atoms with van der Waals surface area (Å²) in [5.41, 5.74) is 0.491. The lowest BCUT2D eigenvalue weighted by Gasteiger charge is -2.36. The number of amides is 2. The summed E-state index contributed by atoms with van der Waals surface area (Å²) in [7, 11) is 4.53. The molecule has 1 fully saturated rings. The molecule has 1 N–H and O–H groups in total. The van der Waals surface area contributed by atoms with Gasteiger partial charge in [0, 0.05) is 6.04 Å². The van der Waals surface area contributed by atoms with E-state index in [1.807, 2.05) is 12.1 Å². The molecule has 218 valence electrons. The van der Waals surface area contributed by atoms with Crippen molar-refractivity contribution in [3.8, 4) is 28.7 Å². The Morgan fingerprint density at radius 1 is 0.951 bits per heavy atom. The average Bonchev–Trinajstić information content (AvgIpc) is 3.53. The Hall–Kier alpha value is -4.34. The molecule has 0 spiro atoms. The molecule has 3 aromatic rings. The minimum absolute atomic E-state index is 0.00325. The molecule has 2 heterocycles. The van der Waals surface area contributed by atoms with Crippen molar-refractivity contribution in [1.82, 2.24) is 10.2 Å². The van der Waals surface area contributed by atoms with Gasteiger partial charge in [0.1, 0.15) is 18.4 Å². The van der Waals surface area contributed by atoms with Crippen LogP contribution < -0.4 is 29.0 Å². The number of carbonyl (C=O) groups excluding carboxylic acids is 2. The van der Waals surface area contributed by atoms with E-state index < -0.39 is 18.1 Å². The number of furan rings is 1. The Kier molecular flexibility index (Phi) is 8.86. The Labute approximate surface area is 239 Å². The van der Waals surface area contributed by atoms with Gasteiger partial charge in [-0.3, -0.25) is 9.59 Å². The maximum atomic E-state index is 14.3. The number of para-hydroxylation sites is 2. The van der Waals surface area contributed by atoms with Crippen LogP contribution in [-0.4, -0.2) is 56.8 Å². The molecule has 10 heteroatoms. The predicted octanol–water partition coefficient (Wildman–Crippen LogP) is 4.66. The zero-order valence-electron chi connectivity index (χ0n) is 23.6. The smallest absolute Gasteiger partial charge is 0.268 e. The lowest BCUT2D eigenvalue weighted by Crippen LogP contribution is -2.52. The average molecular weight is 565 g/mol. The minimum atomic E-state index is -1.07. The maximum absolute atomic E-state index is 14.3. The molecule has 1 aromatic heterocycles. The van der Waals surface area contributed by atoms with Gasteiger partial charge >= 0.3 is 0 Å². The highest BCUT2D eigenvalue weighted by Gasteiger charge is 2.40. The molecule has 2 aliphatic rings. The van der Waals surface area contributed by atoms with Gasteiger partial charge in [0.25, 0.3) is 5.91 Å². The van der Waals surface area contributed by atoms with Crippen LogP contribution in [0.1, 0.15) is 49.5 Å². The largest absolute Gasteiger partial charge is 0.493 e. The number of nitrogens with zero attached hydrogens (tertiary/aromatic N) is 1. The van der Waals surface area contributed by atoms with E-state index in [2.05, 4.69) is 5.32 Å². The minimum Gasteiger partial charge on any atom is -0.493 e. The van der Waals surface area contributed by atoms with Gasteiger partial charge in [0.2, 0.25) is 17.8 Å². The Morgan fingerprint density at radius 3 is 2.29 bits per heavy atom. The molecule has 0 bridgehead atoms. The van der Waals surface area contributed by atoms with Crippen LogP contribution in [-0.2, 0) is 16.1 Å². The van der Waals surface area contributed by atoms with E-state index in [-0.39, 0.29) is 25.1 Å².